The minimum absolute atomic E-state index is 0.229. The summed E-state index contributed by atoms with van der Waals surface area (Å²) in [5, 5.41) is 10.8. The van der Waals surface area contributed by atoms with Crippen LogP contribution in [-0.4, -0.2) is 43.9 Å². The van der Waals surface area contributed by atoms with E-state index in [2.05, 4.69) is 29.7 Å². The summed E-state index contributed by atoms with van der Waals surface area (Å²) in [6.07, 6.45) is 2.66. The molecule has 0 saturated carbocycles. The summed E-state index contributed by atoms with van der Waals surface area (Å²) in [6, 6.07) is 0.229. The summed E-state index contributed by atoms with van der Waals surface area (Å²) >= 11 is 1.29. The average molecular weight is 237 g/mol. The highest BCUT2D eigenvalue weighted by molar-refractivity contribution is 7.09. The molecule has 0 aliphatic carbocycles. The quantitative estimate of drug-likeness (QED) is 0.754. The van der Waals surface area contributed by atoms with Crippen molar-refractivity contribution in [1.82, 2.24) is 24.8 Å². The van der Waals surface area contributed by atoms with E-state index < -0.39 is 0 Å². The lowest BCUT2D eigenvalue weighted by Crippen LogP contribution is -2.26. The maximum absolute atomic E-state index is 5.84. The Bertz CT molecular complexity index is 464. The molecule has 0 amide bonds. The molecule has 84 valence electrons. The Morgan fingerprint density at radius 1 is 1.56 bits per heavy atom. The standard InChI is InChI=1S/C8H11N7S/c9-5-1-2-15(4-5)8-11-7(12-13-8)6-3-10-14-16-6/h3,5H,1-2,4,9H2,(H,11,12,13). The zero-order valence-electron chi connectivity index (χ0n) is 8.50. The number of nitrogens with zero attached hydrogens (tertiary/aromatic N) is 5. The van der Waals surface area contributed by atoms with E-state index in [1.165, 1.54) is 11.5 Å². The van der Waals surface area contributed by atoms with Gasteiger partial charge in [-0.25, -0.2) is 0 Å². The van der Waals surface area contributed by atoms with Gasteiger partial charge in [-0.3, -0.25) is 5.10 Å². The molecule has 1 aliphatic rings. The second-order valence-electron chi connectivity index (χ2n) is 3.76. The summed E-state index contributed by atoms with van der Waals surface area (Å²) in [4.78, 5) is 7.38. The van der Waals surface area contributed by atoms with Gasteiger partial charge in [0.1, 0.15) is 4.88 Å². The lowest BCUT2D eigenvalue weighted by Gasteiger charge is -2.11. The fourth-order valence-corrected chi connectivity index (χ4v) is 2.20. The molecule has 2 aromatic heterocycles. The molecule has 16 heavy (non-hydrogen) atoms. The fourth-order valence-electron chi connectivity index (χ4n) is 1.75. The molecule has 3 rings (SSSR count). The third kappa shape index (κ3) is 1.65. The lowest BCUT2D eigenvalue weighted by atomic mass is 10.3. The summed E-state index contributed by atoms with van der Waals surface area (Å²) in [5.74, 6) is 1.42. The van der Waals surface area contributed by atoms with Crippen LogP contribution in [0.5, 0.6) is 0 Å². The second-order valence-corrected chi connectivity index (χ2v) is 4.55. The van der Waals surface area contributed by atoms with Crippen molar-refractivity contribution in [1.29, 1.82) is 0 Å². The predicted molar refractivity (Wildman–Crippen MR) is 60.1 cm³/mol. The first kappa shape index (κ1) is 9.67. The van der Waals surface area contributed by atoms with Gasteiger partial charge < -0.3 is 10.6 Å². The molecule has 0 radical (unpaired) electrons. The number of H-pyrrole nitrogens is 1. The molecule has 1 unspecified atom stereocenters. The Morgan fingerprint density at radius 3 is 3.19 bits per heavy atom. The smallest absolute Gasteiger partial charge is 0.245 e. The monoisotopic (exact) mass is 237 g/mol. The molecular weight excluding hydrogens is 226 g/mol. The van der Waals surface area contributed by atoms with Crippen molar-refractivity contribution in [2.45, 2.75) is 12.5 Å². The van der Waals surface area contributed by atoms with Gasteiger partial charge in [-0.1, -0.05) is 4.49 Å². The number of aromatic amines is 1. The zero-order chi connectivity index (χ0) is 11.0. The maximum atomic E-state index is 5.84. The highest BCUT2D eigenvalue weighted by Gasteiger charge is 2.22. The van der Waals surface area contributed by atoms with Crippen molar-refractivity contribution in [3.05, 3.63) is 6.20 Å². The van der Waals surface area contributed by atoms with Gasteiger partial charge in [0.05, 0.1) is 6.20 Å². The van der Waals surface area contributed by atoms with E-state index in [1.807, 2.05) is 0 Å². The van der Waals surface area contributed by atoms with Crippen LogP contribution in [0.4, 0.5) is 5.95 Å². The largest absolute Gasteiger partial charge is 0.338 e. The van der Waals surface area contributed by atoms with E-state index in [9.17, 15) is 0 Å². The Hall–Kier alpha value is -1.54. The van der Waals surface area contributed by atoms with Gasteiger partial charge in [-0.05, 0) is 18.0 Å². The predicted octanol–water partition coefficient (Wildman–Crippen LogP) is -0.139. The van der Waals surface area contributed by atoms with Gasteiger partial charge in [0, 0.05) is 19.1 Å². The van der Waals surface area contributed by atoms with Crippen molar-refractivity contribution in [3.63, 3.8) is 0 Å². The summed E-state index contributed by atoms with van der Waals surface area (Å²) < 4.78 is 3.79. The molecule has 8 heteroatoms. The lowest BCUT2D eigenvalue weighted by molar-refractivity contribution is 0.750. The van der Waals surface area contributed by atoms with E-state index >= 15 is 0 Å². The molecule has 1 saturated heterocycles. The van der Waals surface area contributed by atoms with Crippen molar-refractivity contribution >= 4 is 17.5 Å². The number of hydrogen-bond acceptors (Lipinski definition) is 7. The van der Waals surface area contributed by atoms with E-state index in [4.69, 9.17) is 5.73 Å². The first-order valence-corrected chi connectivity index (χ1v) is 5.81. The molecule has 3 N–H and O–H groups in total. The van der Waals surface area contributed by atoms with Crippen LogP contribution in [0, 0.1) is 0 Å². The van der Waals surface area contributed by atoms with E-state index in [1.54, 1.807) is 6.20 Å². The van der Waals surface area contributed by atoms with Crippen molar-refractivity contribution in [2.75, 3.05) is 18.0 Å². The van der Waals surface area contributed by atoms with Crippen LogP contribution < -0.4 is 10.6 Å². The highest BCUT2D eigenvalue weighted by atomic mass is 32.1. The second kappa shape index (κ2) is 3.80. The van der Waals surface area contributed by atoms with Gasteiger partial charge in [-0.2, -0.15) is 4.98 Å². The van der Waals surface area contributed by atoms with Gasteiger partial charge in [0.2, 0.25) is 5.95 Å². The number of anilines is 1. The topological polar surface area (TPSA) is 96.6 Å². The van der Waals surface area contributed by atoms with Crippen molar-refractivity contribution in [2.24, 2.45) is 5.73 Å². The number of hydrogen-bond donors (Lipinski definition) is 2. The Labute approximate surface area is 95.8 Å². The van der Waals surface area contributed by atoms with Crippen molar-refractivity contribution in [3.8, 4) is 10.7 Å². The molecule has 1 aliphatic heterocycles. The Morgan fingerprint density at radius 2 is 2.50 bits per heavy atom. The molecule has 2 aromatic rings. The zero-order valence-corrected chi connectivity index (χ0v) is 9.31. The van der Waals surface area contributed by atoms with Crippen LogP contribution in [0.3, 0.4) is 0 Å². The number of nitrogens with two attached hydrogens (primary N) is 1. The molecule has 1 atom stereocenters. The van der Waals surface area contributed by atoms with Crippen LogP contribution in [0.25, 0.3) is 10.7 Å². The first-order chi connectivity index (χ1) is 7.83. The van der Waals surface area contributed by atoms with E-state index in [-0.39, 0.29) is 6.04 Å². The average Bonchev–Trinajstić information content (AvgIpc) is 2.97. The van der Waals surface area contributed by atoms with Crippen molar-refractivity contribution < 1.29 is 0 Å². The van der Waals surface area contributed by atoms with Crippen LogP contribution in [-0.2, 0) is 0 Å². The van der Waals surface area contributed by atoms with Gasteiger partial charge in [0.25, 0.3) is 0 Å². The maximum Gasteiger partial charge on any atom is 0.245 e. The number of aromatic nitrogens is 5. The third-order valence-electron chi connectivity index (χ3n) is 2.58. The molecule has 3 heterocycles. The van der Waals surface area contributed by atoms with Crippen LogP contribution >= 0.6 is 11.5 Å². The molecule has 1 fully saturated rings. The van der Waals surface area contributed by atoms with Crippen LogP contribution in [0.15, 0.2) is 6.20 Å². The summed E-state index contributed by atoms with van der Waals surface area (Å²) in [5.41, 5.74) is 5.84. The third-order valence-corrected chi connectivity index (χ3v) is 3.25. The molecule has 0 aromatic carbocycles. The van der Waals surface area contributed by atoms with Crippen LogP contribution in [0.2, 0.25) is 0 Å². The molecule has 0 bridgehead atoms. The molecular formula is C8H11N7S. The number of nitrogens with one attached hydrogen (secondary N) is 1. The Kier molecular flexibility index (Phi) is 2.29. The summed E-state index contributed by atoms with van der Waals surface area (Å²) in [7, 11) is 0. The van der Waals surface area contributed by atoms with E-state index in [0.29, 0.717) is 11.8 Å². The summed E-state index contributed by atoms with van der Waals surface area (Å²) in [6.45, 7) is 1.73. The van der Waals surface area contributed by atoms with Gasteiger partial charge in [-0.15, -0.1) is 10.2 Å². The highest BCUT2D eigenvalue weighted by Crippen LogP contribution is 2.21. The fraction of sp³-hybridized carbons (Fsp3) is 0.500. The van der Waals surface area contributed by atoms with Gasteiger partial charge >= 0.3 is 0 Å². The molecule has 7 nitrogen and oxygen atoms in total. The SMILES string of the molecule is NC1CCN(c2n[nH]c(-c3cnns3)n2)C1. The normalized spacial score (nSPS) is 20.6. The first-order valence-electron chi connectivity index (χ1n) is 5.03. The van der Waals surface area contributed by atoms with Crippen LogP contribution in [0.1, 0.15) is 6.42 Å². The molecule has 0 spiro atoms. The Balaban J connectivity index is 1.83. The van der Waals surface area contributed by atoms with E-state index in [0.717, 1.165) is 24.4 Å². The minimum atomic E-state index is 0.229. The van der Waals surface area contributed by atoms with Gasteiger partial charge in [0.15, 0.2) is 5.82 Å². The minimum Gasteiger partial charge on any atom is -0.338 e. The number of rotatable bonds is 2.